The number of nitrogens with one attached hydrogen (secondary N) is 1. The largest absolute Gasteiger partial charge is 0.372 e. The van der Waals surface area contributed by atoms with Crippen molar-refractivity contribution in [2.24, 2.45) is 0 Å². The van der Waals surface area contributed by atoms with Crippen LogP contribution in [0.2, 0.25) is 0 Å². The molecule has 1 N–H and O–H groups in total. The monoisotopic (exact) mass is 399 g/mol. The highest BCUT2D eigenvalue weighted by atomic mass is 32.2. The summed E-state index contributed by atoms with van der Waals surface area (Å²) in [5.41, 5.74) is 2.70. The van der Waals surface area contributed by atoms with Crippen molar-refractivity contribution >= 4 is 33.2 Å². The molecule has 2 heterocycles. The highest BCUT2D eigenvalue weighted by Crippen LogP contribution is 2.30. The zero-order chi connectivity index (χ0) is 19.9. The molecule has 0 radical (unpaired) electrons. The Balaban J connectivity index is 1.49. The lowest BCUT2D eigenvalue weighted by Gasteiger charge is -2.20. The zero-order valence-corrected chi connectivity index (χ0v) is 16.3. The summed E-state index contributed by atoms with van der Waals surface area (Å²) in [6, 6.07) is 11.8. The van der Waals surface area contributed by atoms with E-state index in [0.717, 1.165) is 24.3 Å². The van der Waals surface area contributed by atoms with Crippen molar-refractivity contribution in [3.63, 3.8) is 0 Å². The fraction of sp³-hybridized carbons (Fsp3) is 0.300. The van der Waals surface area contributed by atoms with Crippen molar-refractivity contribution in [1.29, 1.82) is 0 Å². The van der Waals surface area contributed by atoms with Gasteiger partial charge in [-0.25, -0.2) is 12.7 Å². The van der Waals surface area contributed by atoms with E-state index in [9.17, 15) is 18.0 Å². The number of amides is 2. The van der Waals surface area contributed by atoms with E-state index >= 15 is 0 Å². The Hall–Kier alpha value is -2.87. The minimum Gasteiger partial charge on any atom is -0.372 e. The number of rotatable bonds is 4. The van der Waals surface area contributed by atoms with Gasteiger partial charge in [0, 0.05) is 24.5 Å². The van der Waals surface area contributed by atoms with Crippen molar-refractivity contribution in [1.82, 2.24) is 4.31 Å². The first-order valence-electron chi connectivity index (χ1n) is 9.19. The molecule has 2 amide bonds. The molecule has 2 aromatic rings. The maximum Gasteiger partial charge on any atom is 0.269 e. The average molecular weight is 399 g/mol. The minimum absolute atomic E-state index is 0.0565. The number of nitrogens with zero attached hydrogens (tertiary/aromatic N) is 2. The van der Waals surface area contributed by atoms with E-state index in [-0.39, 0.29) is 10.5 Å². The van der Waals surface area contributed by atoms with Crippen LogP contribution in [0.25, 0.3) is 0 Å². The second kappa shape index (κ2) is 6.94. The van der Waals surface area contributed by atoms with Gasteiger partial charge in [0.2, 0.25) is 5.91 Å². The Labute approximate surface area is 164 Å². The number of anilines is 2. The van der Waals surface area contributed by atoms with Crippen LogP contribution in [0.4, 0.5) is 11.4 Å². The number of carbonyl (C=O) groups excluding carboxylic acids is 2. The van der Waals surface area contributed by atoms with Crippen molar-refractivity contribution in [3.05, 3.63) is 53.6 Å². The van der Waals surface area contributed by atoms with Crippen LogP contribution in [-0.2, 0) is 14.8 Å². The first kappa shape index (κ1) is 18.5. The maximum atomic E-state index is 12.6. The lowest BCUT2D eigenvalue weighted by atomic mass is 10.1. The third-order valence-corrected chi connectivity index (χ3v) is 6.94. The Morgan fingerprint density at radius 3 is 2.50 bits per heavy atom. The fourth-order valence-corrected chi connectivity index (χ4v) is 5.19. The molecule has 0 spiro atoms. The van der Waals surface area contributed by atoms with Crippen LogP contribution in [0.5, 0.6) is 0 Å². The molecule has 0 aromatic heterocycles. The molecule has 0 saturated carbocycles. The molecule has 28 heavy (non-hydrogen) atoms. The molecule has 0 bridgehead atoms. The molecule has 2 aliphatic heterocycles. The Morgan fingerprint density at radius 1 is 1.11 bits per heavy atom. The van der Waals surface area contributed by atoms with E-state index in [0.29, 0.717) is 9.99 Å². The van der Waals surface area contributed by atoms with Gasteiger partial charge in [0.15, 0.2) is 0 Å². The van der Waals surface area contributed by atoms with E-state index in [1.807, 2.05) is 25.1 Å². The van der Waals surface area contributed by atoms with Gasteiger partial charge in [0.1, 0.15) is 11.4 Å². The van der Waals surface area contributed by atoms with Gasteiger partial charge in [-0.3, -0.25) is 9.59 Å². The molecule has 4 rings (SSSR count). The lowest BCUT2D eigenvalue weighted by molar-refractivity contribution is -0.116. The van der Waals surface area contributed by atoms with E-state index in [4.69, 9.17) is 0 Å². The van der Waals surface area contributed by atoms with Crippen molar-refractivity contribution in [2.75, 3.05) is 29.9 Å². The van der Waals surface area contributed by atoms with Gasteiger partial charge in [0.25, 0.3) is 15.9 Å². The normalized spacial score (nSPS) is 17.7. The van der Waals surface area contributed by atoms with E-state index < -0.39 is 28.4 Å². The molecular weight excluding hydrogens is 378 g/mol. The van der Waals surface area contributed by atoms with Crippen LogP contribution in [0, 0.1) is 6.92 Å². The van der Waals surface area contributed by atoms with Crippen LogP contribution in [0.3, 0.4) is 0 Å². The molecule has 1 saturated heterocycles. The zero-order valence-electron chi connectivity index (χ0n) is 15.5. The molecule has 0 atom stereocenters. The Kier molecular flexibility index (Phi) is 4.58. The molecule has 7 nitrogen and oxygen atoms in total. The van der Waals surface area contributed by atoms with E-state index in [2.05, 4.69) is 10.2 Å². The van der Waals surface area contributed by atoms with Gasteiger partial charge < -0.3 is 10.2 Å². The molecular formula is C20H21N3O4S. The van der Waals surface area contributed by atoms with Crippen molar-refractivity contribution in [2.45, 2.75) is 24.7 Å². The summed E-state index contributed by atoms with van der Waals surface area (Å²) in [7, 11) is -3.99. The number of fused-ring (bicyclic) bond motifs is 1. The summed E-state index contributed by atoms with van der Waals surface area (Å²) < 4.78 is 25.7. The second-order valence-electron chi connectivity index (χ2n) is 7.05. The third kappa shape index (κ3) is 3.13. The Bertz CT molecular complexity index is 1060. The maximum absolute atomic E-state index is 12.6. The number of carbonyl (C=O) groups is 2. The smallest absolute Gasteiger partial charge is 0.269 e. The average Bonchev–Trinajstić information content (AvgIpc) is 3.27. The van der Waals surface area contributed by atoms with Crippen LogP contribution < -0.4 is 10.2 Å². The van der Waals surface area contributed by atoms with E-state index in [1.165, 1.54) is 25.0 Å². The van der Waals surface area contributed by atoms with Gasteiger partial charge in [-0.1, -0.05) is 12.1 Å². The van der Waals surface area contributed by atoms with Gasteiger partial charge in [-0.15, -0.1) is 0 Å². The number of benzene rings is 2. The van der Waals surface area contributed by atoms with Crippen LogP contribution in [0.1, 0.15) is 28.8 Å². The standard InChI is InChI=1S/C20H21N3O4S/c1-14-12-15(22-10-4-5-11-22)8-9-17(14)21-19(24)13-23-20(25)16-6-2-3-7-18(16)28(23,26)27/h2-3,6-9,12H,4-5,10-11,13H2,1H3,(H,21,24). The van der Waals surface area contributed by atoms with Gasteiger partial charge in [0.05, 0.1) is 5.56 Å². The number of aryl methyl sites for hydroxylation is 1. The molecule has 0 unspecified atom stereocenters. The summed E-state index contributed by atoms with van der Waals surface area (Å²) in [5, 5.41) is 2.72. The SMILES string of the molecule is Cc1cc(N2CCCC2)ccc1NC(=O)CN1C(=O)c2ccccc2S1(=O)=O. The number of hydrogen-bond acceptors (Lipinski definition) is 5. The van der Waals surface area contributed by atoms with Crippen molar-refractivity contribution in [3.8, 4) is 0 Å². The predicted octanol–water partition coefficient (Wildman–Crippen LogP) is 2.38. The minimum atomic E-state index is -3.99. The number of hydrogen-bond donors (Lipinski definition) is 1. The fourth-order valence-electron chi connectivity index (χ4n) is 3.67. The lowest BCUT2D eigenvalue weighted by Crippen LogP contribution is -2.37. The summed E-state index contributed by atoms with van der Waals surface area (Å²) in [6.45, 7) is 3.40. The quantitative estimate of drug-likeness (QED) is 0.853. The van der Waals surface area contributed by atoms with Gasteiger partial charge in [-0.2, -0.15) is 0 Å². The highest BCUT2D eigenvalue weighted by Gasteiger charge is 2.41. The van der Waals surface area contributed by atoms with Gasteiger partial charge in [-0.05, 0) is 55.7 Å². The molecule has 1 fully saturated rings. The van der Waals surface area contributed by atoms with Crippen molar-refractivity contribution < 1.29 is 18.0 Å². The summed E-state index contributed by atoms with van der Waals surface area (Å²) >= 11 is 0. The summed E-state index contributed by atoms with van der Waals surface area (Å²) in [4.78, 5) is 27.1. The summed E-state index contributed by atoms with van der Waals surface area (Å²) in [5.74, 6) is -1.23. The third-order valence-electron chi connectivity index (χ3n) is 5.15. The molecule has 146 valence electrons. The molecule has 2 aromatic carbocycles. The topological polar surface area (TPSA) is 86.8 Å². The van der Waals surface area contributed by atoms with Crippen LogP contribution >= 0.6 is 0 Å². The summed E-state index contributed by atoms with van der Waals surface area (Å²) in [6.07, 6.45) is 2.36. The number of sulfonamides is 1. The van der Waals surface area contributed by atoms with E-state index in [1.54, 1.807) is 12.1 Å². The first-order valence-corrected chi connectivity index (χ1v) is 10.6. The molecule has 0 aliphatic carbocycles. The first-order chi connectivity index (χ1) is 13.4. The predicted molar refractivity (Wildman–Crippen MR) is 106 cm³/mol. The second-order valence-corrected chi connectivity index (χ2v) is 8.89. The molecule has 2 aliphatic rings. The highest BCUT2D eigenvalue weighted by molar-refractivity contribution is 7.90. The van der Waals surface area contributed by atoms with Crippen LogP contribution in [0.15, 0.2) is 47.4 Å². The molecule has 8 heteroatoms. The van der Waals surface area contributed by atoms with Crippen LogP contribution in [-0.4, -0.2) is 44.2 Å². The van der Waals surface area contributed by atoms with Gasteiger partial charge >= 0.3 is 0 Å². The Morgan fingerprint density at radius 2 is 1.82 bits per heavy atom.